The third-order valence-electron chi connectivity index (χ3n) is 1.72. The first kappa shape index (κ1) is 11.7. The van der Waals surface area contributed by atoms with Crippen molar-refractivity contribution in [2.24, 2.45) is 0 Å². The van der Waals surface area contributed by atoms with Gasteiger partial charge in [0.25, 0.3) is 0 Å². The predicted molar refractivity (Wildman–Crippen MR) is 49.1 cm³/mol. The lowest BCUT2D eigenvalue weighted by Crippen LogP contribution is -2.19. The zero-order valence-corrected chi connectivity index (χ0v) is 8.60. The van der Waals surface area contributed by atoms with Gasteiger partial charge in [0.15, 0.2) is 11.9 Å². The van der Waals surface area contributed by atoms with Crippen LogP contribution in [-0.4, -0.2) is 29.4 Å². The van der Waals surface area contributed by atoms with Gasteiger partial charge >= 0.3 is 5.97 Å². The molecule has 1 N–H and O–H groups in total. The number of carbonyl (C=O) groups is 1. The Labute approximate surface area is 86.8 Å². The van der Waals surface area contributed by atoms with Crippen LogP contribution in [0.4, 0.5) is 0 Å². The van der Waals surface area contributed by atoms with Gasteiger partial charge in [-0.15, -0.1) is 0 Å². The molecule has 1 unspecified atom stereocenters. The highest BCUT2D eigenvalue weighted by molar-refractivity contribution is 5.71. The Morgan fingerprint density at radius 3 is 3.00 bits per heavy atom. The number of methoxy groups -OCH3 is 1. The quantitative estimate of drug-likeness (QED) is 0.756. The molecule has 0 saturated heterocycles. The van der Waals surface area contributed by atoms with E-state index in [0.717, 1.165) is 0 Å². The fourth-order valence-electron chi connectivity index (χ4n) is 0.916. The van der Waals surface area contributed by atoms with Crippen LogP contribution in [0.5, 0.6) is 0 Å². The summed E-state index contributed by atoms with van der Waals surface area (Å²) in [5.41, 5.74) is 0.551. The molecule has 0 aromatic carbocycles. The number of nitrogens with zero attached hydrogens (tertiary/aromatic N) is 1. The summed E-state index contributed by atoms with van der Waals surface area (Å²) < 4.78 is 14.7. The summed E-state index contributed by atoms with van der Waals surface area (Å²) in [7, 11) is 1.55. The molecule has 6 heteroatoms. The van der Waals surface area contributed by atoms with E-state index in [4.69, 9.17) is 19.1 Å². The Balaban J connectivity index is 2.40. The maximum atomic E-state index is 10.4. The first-order valence-corrected chi connectivity index (χ1v) is 4.41. The highest BCUT2D eigenvalue weighted by atomic mass is 16.5. The second-order valence-electron chi connectivity index (χ2n) is 3.01. The lowest BCUT2D eigenvalue weighted by molar-refractivity contribution is -0.149. The number of hydrogen-bond acceptors (Lipinski definition) is 5. The van der Waals surface area contributed by atoms with E-state index >= 15 is 0 Å². The van der Waals surface area contributed by atoms with Crippen molar-refractivity contribution in [3.8, 4) is 0 Å². The summed E-state index contributed by atoms with van der Waals surface area (Å²) >= 11 is 0. The van der Waals surface area contributed by atoms with Crippen molar-refractivity contribution >= 4 is 5.97 Å². The van der Waals surface area contributed by atoms with Crippen molar-refractivity contribution in [2.45, 2.75) is 26.2 Å². The van der Waals surface area contributed by atoms with Crippen LogP contribution in [0.1, 0.15) is 18.4 Å². The van der Waals surface area contributed by atoms with Gasteiger partial charge in [-0.25, -0.2) is 4.79 Å². The number of rotatable bonds is 6. The molecule has 0 saturated carbocycles. The van der Waals surface area contributed by atoms with E-state index in [2.05, 4.69) is 5.16 Å². The second-order valence-corrected chi connectivity index (χ2v) is 3.01. The normalized spacial score (nSPS) is 12.7. The number of aromatic nitrogens is 1. The minimum Gasteiger partial charge on any atom is -0.479 e. The van der Waals surface area contributed by atoms with Crippen molar-refractivity contribution in [1.29, 1.82) is 0 Å². The summed E-state index contributed by atoms with van der Waals surface area (Å²) in [6.45, 7) is 1.90. The van der Waals surface area contributed by atoms with E-state index in [1.54, 1.807) is 13.2 Å². The highest BCUT2D eigenvalue weighted by Gasteiger charge is 2.12. The van der Waals surface area contributed by atoms with Gasteiger partial charge < -0.3 is 19.1 Å². The molecule has 1 atom stereocenters. The van der Waals surface area contributed by atoms with Crippen molar-refractivity contribution in [2.75, 3.05) is 7.11 Å². The Hall–Kier alpha value is -1.40. The van der Waals surface area contributed by atoms with Gasteiger partial charge in [0.05, 0.1) is 6.61 Å². The molecule has 0 aliphatic carbocycles. The fraction of sp³-hybridized carbons (Fsp3) is 0.556. The molecule has 1 aromatic heterocycles. The molecule has 0 spiro atoms. The molecule has 84 valence electrons. The van der Waals surface area contributed by atoms with Gasteiger partial charge in [0.1, 0.15) is 12.3 Å². The molecule has 0 aliphatic rings. The van der Waals surface area contributed by atoms with Gasteiger partial charge in [-0.1, -0.05) is 5.16 Å². The SMILES string of the molecule is COCc1cc(COC(C)C(=O)O)no1. The molecule has 1 aromatic rings. The van der Waals surface area contributed by atoms with E-state index in [-0.39, 0.29) is 6.61 Å². The van der Waals surface area contributed by atoms with Gasteiger partial charge in [-0.3, -0.25) is 0 Å². The maximum absolute atomic E-state index is 10.4. The average molecular weight is 215 g/mol. The summed E-state index contributed by atoms with van der Waals surface area (Å²) in [4.78, 5) is 10.4. The van der Waals surface area contributed by atoms with Crippen LogP contribution >= 0.6 is 0 Å². The minimum atomic E-state index is -1.00. The molecule has 0 radical (unpaired) electrons. The predicted octanol–water partition coefficient (Wildman–Crippen LogP) is 0.811. The Bertz CT molecular complexity index is 322. The van der Waals surface area contributed by atoms with Crippen LogP contribution in [0, 0.1) is 0 Å². The fourth-order valence-corrected chi connectivity index (χ4v) is 0.916. The standard InChI is InChI=1S/C9H13NO5/c1-6(9(11)12)14-4-7-3-8(5-13-2)15-10-7/h3,6H,4-5H2,1-2H3,(H,11,12). The first-order chi connectivity index (χ1) is 7.13. The summed E-state index contributed by atoms with van der Waals surface area (Å²) in [6.07, 6.45) is -0.854. The van der Waals surface area contributed by atoms with Gasteiger partial charge in [0.2, 0.25) is 0 Å². The van der Waals surface area contributed by atoms with Crippen LogP contribution < -0.4 is 0 Å². The van der Waals surface area contributed by atoms with E-state index < -0.39 is 12.1 Å². The van der Waals surface area contributed by atoms with Crippen molar-refractivity contribution in [1.82, 2.24) is 5.16 Å². The van der Waals surface area contributed by atoms with Crippen molar-refractivity contribution in [3.05, 3.63) is 17.5 Å². The lowest BCUT2D eigenvalue weighted by Gasteiger charge is -2.05. The molecular formula is C9H13NO5. The second kappa shape index (κ2) is 5.47. The summed E-state index contributed by atoms with van der Waals surface area (Å²) in [6, 6.07) is 1.66. The topological polar surface area (TPSA) is 81.8 Å². The number of carboxylic acids is 1. The molecule has 0 bridgehead atoms. The maximum Gasteiger partial charge on any atom is 0.332 e. The van der Waals surface area contributed by atoms with Gasteiger partial charge in [-0.05, 0) is 6.92 Å². The zero-order chi connectivity index (χ0) is 11.3. The van der Waals surface area contributed by atoms with E-state index in [1.165, 1.54) is 6.92 Å². The molecular weight excluding hydrogens is 202 g/mol. The van der Waals surface area contributed by atoms with E-state index in [1.807, 2.05) is 0 Å². The third kappa shape index (κ3) is 3.69. The Kier molecular flexibility index (Phi) is 4.26. The highest BCUT2D eigenvalue weighted by Crippen LogP contribution is 2.07. The lowest BCUT2D eigenvalue weighted by atomic mass is 10.3. The summed E-state index contributed by atoms with van der Waals surface area (Å²) in [5.74, 6) is -0.422. The van der Waals surface area contributed by atoms with Crippen LogP contribution in [0.15, 0.2) is 10.6 Å². The number of ether oxygens (including phenoxy) is 2. The summed E-state index contributed by atoms with van der Waals surface area (Å²) in [5, 5.41) is 12.3. The van der Waals surface area contributed by atoms with Crippen LogP contribution in [0.3, 0.4) is 0 Å². The largest absolute Gasteiger partial charge is 0.479 e. The molecule has 0 amide bonds. The Morgan fingerprint density at radius 2 is 2.40 bits per heavy atom. The van der Waals surface area contributed by atoms with Gasteiger partial charge in [0, 0.05) is 13.2 Å². The third-order valence-corrected chi connectivity index (χ3v) is 1.72. The van der Waals surface area contributed by atoms with Gasteiger partial charge in [-0.2, -0.15) is 0 Å². The minimum absolute atomic E-state index is 0.112. The molecule has 15 heavy (non-hydrogen) atoms. The van der Waals surface area contributed by atoms with E-state index in [0.29, 0.717) is 18.1 Å². The Morgan fingerprint density at radius 1 is 1.67 bits per heavy atom. The van der Waals surface area contributed by atoms with Crippen LogP contribution in [0.25, 0.3) is 0 Å². The number of aliphatic carboxylic acids is 1. The van der Waals surface area contributed by atoms with Crippen molar-refractivity contribution in [3.63, 3.8) is 0 Å². The molecule has 0 aliphatic heterocycles. The molecule has 6 nitrogen and oxygen atoms in total. The van der Waals surface area contributed by atoms with Crippen LogP contribution in [0.2, 0.25) is 0 Å². The number of hydrogen-bond donors (Lipinski definition) is 1. The average Bonchev–Trinajstić information content (AvgIpc) is 2.62. The zero-order valence-electron chi connectivity index (χ0n) is 8.60. The molecule has 1 heterocycles. The monoisotopic (exact) mass is 215 g/mol. The number of carboxylic acid groups (broad SMARTS) is 1. The first-order valence-electron chi connectivity index (χ1n) is 4.41. The van der Waals surface area contributed by atoms with Crippen molar-refractivity contribution < 1.29 is 23.9 Å². The molecule has 0 fully saturated rings. The van der Waals surface area contributed by atoms with Crippen LogP contribution in [-0.2, 0) is 27.5 Å². The smallest absolute Gasteiger partial charge is 0.332 e. The molecule has 1 rings (SSSR count). The van der Waals surface area contributed by atoms with E-state index in [9.17, 15) is 4.79 Å².